The Morgan fingerprint density at radius 3 is 0.164 bits per heavy atom. The van der Waals surface area contributed by atoms with Crippen LogP contribution in [0.3, 0.4) is 0 Å². The predicted octanol–water partition coefficient (Wildman–Crippen LogP) is 29.5. The minimum atomic E-state index is 1.50. The molecule has 0 amide bonds. The Bertz CT molecular complexity index is 83.8. The maximum Gasteiger partial charge on any atom is 0.102 e. The second-order valence-electron chi connectivity index (χ2n) is 2.88. The standard InChI is InChI=1S/3C2H6B.C2H6S2.2C2H6S.22C2H6.5CH3B/c3*1-3-2;1-3-4-2;2*1-3-2;27*1-2/h3*1-2H3;1-2H3;2*1-2H3;22*1-2H3;5*1H3. The van der Waals surface area contributed by atoms with Crippen LogP contribution in [0.25, 0.3) is 0 Å². The van der Waals surface area contributed by atoms with E-state index in [2.05, 4.69) is 51.7 Å². The maximum atomic E-state index is 4.50. The van der Waals surface area contributed by atoms with Gasteiger partial charge in [-0.05, 0) is 37.5 Å². The van der Waals surface area contributed by atoms with E-state index in [-0.39, 0.29) is 0 Å². The third-order valence-corrected chi connectivity index (χ3v) is 1.50. The van der Waals surface area contributed by atoms with E-state index in [0.717, 1.165) is 0 Å². The second-order valence-corrected chi connectivity index (χ2v) is 7.18. The highest BCUT2D eigenvalue weighted by molar-refractivity contribution is 8.76. The summed E-state index contributed by atoms with van der Waals surface area (Å²) in [5, 5.41) is 0. The summed E-state index contributed by atoms with van der Waals surface area (Å²) < 4.78 is 0. The van der Waals surface area contributed by atoms with Crippen molar-refractivity contribution in [2.24, 2.45) is 0 Å². The fraction of sp³-hybridized carbons (Fsp3) is 1.00. The number of rotatable bonds is 1. The van der Waals surface area contributed by atoms with Gasteiger partial charge in [0.05, 0.1) is 39.2 Å². The van der Waals surface area contributed by atoms with Crippen molar-refractivity contribution in [1.82, 2.24) is 0 Å². The number of hydrogen-bond acceptors (Lipinski definition) is 4. The molecule has 0 aromatic rings. The average molecular weight is 1130 g/mol. The van der Waals surface area contributed by atoms with Gasteiger partial charge >= 0.3 is 0 Å². The molecule has 0 atom stereocenters. The van der Waals surface area contributed by atoms with Gasteiger partial charge in [0.25, 0.3) is 0 Å². The summed E-state index contributed by atoms with van der Waals surface area (Å²) in [5.74, 6) is 0. The molecule has 13 radical (unpaired) electrons. The largest absolute Gasteiger partial charge is 0.169 e. The minimum absolute atomic E-state index is 1.50. The molecule has 12 heteroatoms. The zero-order chi connectivity index (χ0) is 70.9. The Kier molecular flexibility index (Phi) is 15800. The highest BCUT2D eigenvalue weighted by Crippen LogP contribution is 2.09. The summed E-state index contributed by atoms with van der Waals surface area (Å²) >= 11 is 3.50. The lowest BCUT2D eigenvalue weighted by Gasteiger charge is -1.69. The highest BCUT2D eigenvalue weighted by atomic mass is 33.1. The molecule has 0 nitrogen and oxygen atoms in total. The fourth-order valence-electron chi connectivity index (χ4n) is 0. The summed E-state index contributed by atoms with van der Waals surface area (Å²) in [4.78, 5) is 0. The van der Waals surface area contributed by atoms with Crippen molar-refractivity contribution in [2.45, 2.75) is 380 Å². The summed E-state index contributed by atoms with van der Waals surface area (Å²) in [6.45, 7) is 108. The Hall–Kier alpha value is 1.92. The van der Waals surface area contributed by atoms with Crippen molar-refractivity contribution in [3.63, 3.8) is 0 Å². The number of thioether (sulfide) groups is 2. The van der Waals surface area contributed by atoms with E-state index in [9.17, 15) is 0 Å². The van der Waals surface area contributed by atoms with Crippen LogP contribution in [0.15, 0.2) is 0 Å². The molecular weight excluding hydrogens is 947 g/mol. The Labute approximate surface area is 519 Å². The second kappa shape index (κ2) is 4940. The molecule has 0 saturated heterocycles. The van der Waals surface area contributed by atoms with Crippen LogP contribution in [0.4, 0.5) is 0 Å². The van der Waals surface area contributed by atoms with Gasteiger partial charge in [0, 0.05) is 0 Å². The molecule has 0 bridgehead atoms. The molecule has 475 valence electrons. The van der Waals surface area contributed by atoms with Crippen LogP contribution < -0.4 is 0 Å². The first-order valence-electron chi connectivity index (χ1n) is 31.0. The van der Waals surface area contributed by atoms with Crippen molar-refractivity contribution in [3.05, 3.63) is 0 Å². The van der Waals surface area contributed by atoms with Gasteiger partial charge in [-0.2, -0.15) is 23.5 Å². The van der Waals surface area contributed by atoms with Gasteiger partial charge < -0.3 is 0 Å². The van der Waals surface area contributed by atoms with Crippen LogP contribution in [0.2, 0.25) is 75.1 Å². The lowest BCUT2D eigenvalue weighted by molar-refractivity contribution is 1.50. The topological polar surface area (TPSA) is 0 Å². The summed E-state index contributed by atoms with van der Waals surface area (Å²) in [6, 6.07) is 0. The van der Waals surface area contributed by atoms with E-state index < -0.39 is 0 Å². The zero-order valence-corrected chi connectivity index (χ0v) is 70.5. The minimum Gasteiger partial charge on any atom is -0.169 e. The molecule has 0 aliphatic rings. The predicted molar refractivity (Wildman–Crippen MR) is 426 cm³/mol. The van der Waals surface area contributed by atoms with Crippen molar-refractivity contribution in [3.8, 4) is 0 Å². The van der Waals surface area contributed by atoms with E-state index in [4.69, 9.17) is 0 Å². The lowest BCUT2D eigenvalue weighted by atomic mass is 9.88. The van der Waals surface area contributed by atoms with Gasteiger partial charge in [-0.25, -0.2) is 0 Å². The Morgan fingerprint density at radius 1 is 0.151 bits per heavy atom. The molecule has 0 aliphatic carbocycles. The molecule has 0 rings (SSSR count). The van der Waals surface area contributed by atoms with E-state index in [1.807, 2.05) is 392 Å². The Morgan fingerprint density at radius 2 is 0.164 bits per heavy atom. The summed E-state index contributed by atoms with van der Waals surface area (Å²) in [7, 11) is 32.0. The molecule has 73 heavy (non-hydrogen) atoms. The molecule has 0 saturated carbocycles. The zero-order valence-electron chi connectivity index (χ0n) is 67.3. The van der Waals surface area contributed by atoms with Gasteiger partial charge in [0.2, 0.25) is 0 Å². The third kappa shape index (κ3) is 44900. The molecule has 0 aromatic heterocycles. The first kappa shape index (κ1) is 233. The maximum absolute atomic E-state index is 4.50. The molecule has 0 aliphatic heterocycles. The smallest absolute Gasteiger partial charge is 0.102 e. The van der Waals surface area contributed by atoms with Crippen LogP contribution >= 0.6 is 45.1 Å². The molecule has 0 unspecified atom stereocenters. The van der Waals surface area contributed by atoms with Gasteiger partial charge in [-0.15, -0.1) is 0 Å². The van der Waals surface area contributed by atoms with Gasteiger partial charge in [0.1, 0.15) is 21.8 Å². The third-order valence-electron chi connectivity index (χ3n) is 0.167. The van der Waals surface area contributed by atoms with E-state index in [1.165, 1.54) is 34.1 Å². The molecular formula is C61H183B8S4. The normalized spacial score (nSPS) is 3.63. The monoisotopic (exact) mass is 1130 g/mol. The molecule has 0 aromatic carbocycles. The average Bonchev–Trinajstić information content (AvgIpc) is 3.57. The first-order valence-corrected chi connectivity index (χ1v) is 37.2. The molecule has 0 heterocycles. The SMILES string of the molecule is CC.CC.CC.CC.CC.CC.CC.CC.CC.CC.CC.CC.CC.CC.CC.CC.CC.CC.CC.CC.CC.CC.CSC.CSC.CSSC.C[B]C.C[B]C.C[B]C.[B]C.[B]C.[B]C.[B]C.[B]C. The molecule has 0 spiro atoms. The Balaban J connectivity index is -0.00000000731. The summed E-state index contributed by atoms with van der Waals surface area (Å²) in [5.41, 5.74) is 0. The molecule has 0 N–H and O–H groups in total. The first-order chi connectivity index (χ1) is 36.0. The van der Waals surface area contributed by atoms with Crippen LogP contribution in [-0.2, 0) is 0 Å². The number of hydrogen-bond donors (Lipinski definition) is 0. The van der Waals surface area contributed by atoms with Crippen LogP contribution in [-0.4, -0.2) is 98.6 Å². The quantitative estimate of drug-likeness (QED) is 0.189. The van der Waals surface area contributed by atoms with Crippen LogP contribution in [0.5, 0.6) is 0 Å². The van der Waals surface area contributed by atoms with Crippen molar-refractivity contribution >= 4 is 106 Å². The lowest BCUT2D eigenvalue weighted by Crippen LogP contribution is -1.53. The summed E-state index contributed by atoms with van der Waals surface area (Å²) in [6.07, 6.45) is 12.3. The van der Waals surface area contributed by atoms with E-state index >= 15 is 0 Å². The van der Waals surface area contributed by atoms with Gasteiger partial charge in [0.15, 0.2) is 0 Å². The molecule has 0 fully saturated rings. The fourth-order valence-corrected chi connectivity index (χ4v) is 0. The van der Waals surface area contributed by atoms with Crippen LogP contribution in [0, 0.1) is 0 Å². The van der Waals surface area contributed by atoms with Gasteiger partial charge in [-0.1, -0.05) is 401 Å². The van der Waals surface area contributed by atoms with Crippen LogP contribution in [0.1, 0.15) is 305 Å². The van der Waals surface area contributed by atoms with Crippen molar-refractivity contribution in [1.29, 1.82) is 0 Å². The van der Waals surface area contributed by atoms with Crippen molar-refractivity contribution < 1.29 is 0 Å². The highest BCUT2D eigenvalue weighted by Gasteiger charge is 1.55. The van der Waals surface area contributed by atoms with Crippen molar-refractivity contribution in [2.75, 3.05) is 37.5 Å². The van der Waals surface area contributed by atoms with E-state index in [1.54, 1.807) is 45.1 Å². The van der Waals surface area contributed by atoms with Gasteiger partial charge in [-0.3, -0.25) is 0 Å². The van der Waals surface area contributed by atoms with E-state index in [0.29, 0.717) is 0 Å².